The highest BCUT2D eigenvalue weighted by Gasteiger charge is 2.20. The first-order valence-electron chi connectivity index (χ1n) is 6.19. The van der Waals surface area contributed by atoms with E-state index in [1.54, 1.807) is 5.38 Å². The highest BCUT2D eigenvalue weighted by atomic mass is 32.2. The largest absolute Gasteiger partial charge is 0.312 e. The van der Waals surface area contributed by atoms with Crippen LogP contribution in [0.4, 0.5) is 14.5 Å². The average molecular weight is 332 g/mol. The highest BCUT2D eigenvalue weighted by Crippen LogP contribution is 2.25. The summed E-state index contributed by atoms with van der Waals surface area (Å²) in [5, 5.41) is 4.73. The van der Waals surface area contributed by atoms with Gasteiger partial charge in [-0.3, -0.25) is 4.72 Å². The summed E-state index contributed by atoms with van der Waals surface area (Å²) in [6, 6.07) is 4.34. The van der Waals surface area contributed by atoms with Gasteiger partial charge in [0.1, 0.15) is 4.90 Å². The van der Waals surface area contributed by atoms with Gasteiger partial charge in [0.25, 0.3) is 10.0 Å². The van der Waals surface area contributed by atoms with Gasteiger partial charge in [0.15, 0.2) is 11.6 Å². The molecule has 2 rings (SSSR count). The molecule has 0 amide bonds. The van der Waals surface area contributed by atoms with Crippen molar-refractivity contribution < 1.29 is 17.2 Å². The second-order valence-corrected chi connectivity index (χ2v) is 6.87. The first kappa shape index (κ1) is 15.9. The van der Waals surface area contributed by atoms with E-state index in [4.69, 9.17) is 0 Å². The Bertz CT molecular complexity index is 730. The van der Waals surface area contributed by atoms with E-state index in [9.17, 15) is 17.2 Å². The predicted molar refractivity (Wildman–Crippen MR) is 78.9 cm³/mol. The Morgan fingerprint density at radius 2 is 1.95 bits per heavy atom. The van der Waals surface area contributed by atoms with Crippen LogP contribution in [0, 0.1) is 11.6 Å². The van der Waals surface area contributed by atoms with E-state index in [1.165, 1.54) is 23.5 Å². The number of anilines is 1. The van der Waals surface area contributed by atoms with Gasteiger partial charge >= 0.3 is 0 Å². The molecule has 0 aliphatic rings. The number of rotatable bonds is 6. The van der Waals surface area contributed by atoms with Gasteiger partial charge in [-0.05, 0) is 30.1 Å². The molecule has 21 heavy (non-hydrogen) atoms. The van der Waals surface area contributed by atoms with Crippen molar-refractivity contribution in [2.24, 2.45) is 0 Å². The average Bonchev–Trinajstić information content (AvgIpc) is 2.89. The maximum absolute atomic E-state index is 13.1. The molecule has 0 aliphatic carbocycles. The molecule has 1 heterocycles. The van der Waals surface area contributed by atoms with Gasteiger partial charge in [0, 0.05) is 17.5 Å². The molecule has 1 aromatic heterocycles. The number of nitrogens with one attached hydrogen (secondary N) is 2. The molecule has 4 nitrogen and oxygen atoms in total. The Morgan fingerprint density at radius 1 is 1.19 bits per heavy atom. The lowest BCUT2D eigenvalue weighted by atomic mass is 10.3. The number of hydrogen-bond donors (Lipinski definition) is 2. The summed E-state index contributed by atoms with van der Waals surface area (Å²) in [5.74, 6) is -2.13. The van der Waals surface area contributed by atoms with Gasteiger partial charge in [0.2, 0.25) is 0 Å². The predicted octanol–water partition coefficient (Wildman–Crippen LogP) is 2.94. The molecule has 8 heteroatoms. The van der Waals surface area contributed by atoms with E-state index in [1.807, 2.05) is 6.92 Å². The zero-order valence-corrected chi connectivity index (χ0v) is 12.8. The minimum atomic E-state index is -3.83. The van der Waals surface area contributed by atoms with Gasteiger partial charge in [0.05, 0.1) is 5.69 Å². The van der Waals surface area contributed by atoms with Crippen molar-refractivity contribution in [3.05, 3.63) is 46.2 Å². The molecule has 0 radical (unpaired) electrons. The van der Waals surface area contributed by atoms with Crippen LogP contribution in [0.1, 0.15) is 11.8 Å². The number of hydrogen-bond acceptors (Lipinski definition) is 4. The van der Waals surface area contributed by atoms with Crippen molar-refractivity contribution in [3.63, 3.8) is 0 Å². The minimum absolute atomic E-state index is 0.0190. The lowest BCUT2D eigenvalue weighted by Crippen LogP contribution is -2.17. The summed E-state index contributed by atoms with van der Waals surface area (Å²) in [5.41, 5.74) is -0.0190. The maximum Gasteiger partial charge on any atom is 0.263 e. The number of halogens is 2. The van der Waals surface area contributed by atoms with Crippen LogP contribution in [0.3, 0.4) is 0 Å². The number of benzene rings is 1. The summed E-state index contributed by atoms with van der Waals surface area (Å²) in [6.45, 7) is 3.07. The molecule has 2 N–H and O–H groups in total. The van der Waals surface area contributed by atoms with Crippen molar-refractivity contribution in [1.82, 2.24) is 5.32 Å². The molecule has 0 spiro atoms. The molecular weight excluding hydrogens is 318 g/mol. The second-order valence-electron chi connectivity index (χ2n) is 4.22. The van der Waals surface area contributed by atoms with Crippen molar-refractivity contribution in [1.29, 1.82) is 0 Å². The van der Waals surface area contributed by atoms with Crippen LogP contribution in [0.5, 0.6) is 0 Å². The Hall–Kier alpha value is -1.51. The lowest BCUT2D eigenvalue weighted by molar-refractivity contribution is 0.509. The molecule has 1 aromatic carbocycles. The topological polar surface area (TPSA) is 58.2 Å². The molecular formula is C13H14F2N2O2S2. The van der Waals surface area contributed by atoms with Crippen LogP contribution in [0.15, 0.2) is 34.5 Å². The Kier molecular flexibility index (Phi) is 4.92. The lowest BCUT2D eigenvalue weighted by Gasteiger charge is -2.09. The molecule has 0 fully saturated rings. The van der Waals surface area contributed by atoms with Gasteiger partial charge in [-0.25, -0.2) is 17.2 Å². The minimum Gasteiger partial charge on any atom is -0.312 e. The van der Waals surface area contributed by atoms with Crippen LogP contribution in [0.25, 0.3) is 0 Å². The zero-order valence-electron chi connectivity index (χ0n) is 11.2. The summed E-state index contributed by atoms with van der Waals surface area (Å²) in [6.07, 6.45) is 0. The van der Waals surface area contributed by atoms with Crippen molar-refractivity contribution >= 4 is 27.0 Å². The van der Waals surface area contributed by atoms with E-state index in [0.29, 0.717) is 18.0 Å². The third kappa shape index (κ3) is 3.78. The van der Waals surface area contributed by atoms with Gasteiger partial charge in [-0.2, -0.15) is 0 Å². The molecule has 0 aliphatic heterocycles. The number of thiophene rings is 1. The van der Waals surface area contributed by atoms with Gasteiger partial charge in [-0.1, -0.05) is 6.92 Å². The van der Waals surface area contributed by atoms with E-state index in [0.717, 1.165) is 12.1 Å². The monoisotopic (exact) mass is 332 g/mol. The normalized spacial score (nSPS) is 11.6. The van der Waals surface area contributed by atoms with Gasteiger partial charge in [-0.15, -0.1) is 11.3 Å². The third-order valence-electron chi connectivity index (χ3n) is 2.70. The first-order valence-corrected chi connectivity index (χ1v) is 8.55. The Labute approximate surface area is 125 Å². The molecule has 2 aromatic rings. The molecule has 0 atom stereocenters. The highest BCUT2D eigenvalue weighted by molar-refractivity contribution is 7.93. The molecule has 114 valence electrons. The van der Waals surface area contributed by atoms with Crippen molar-refractivity contribution in [2.45, 2.75) is 18.4 Å². The first-order chi connectivity index (χ1) is 9.94. The summed E-state index contributed by atoms with van der Waals surface area (Å²) in [4.78, 5) is 0.796. The van der Waals surface area contributed by atoms with Gasteiger partial charge < -0.3 is 5.32 Å². The van der Waals surface area contributed by atoms with Crippen LogP contribution >= 0.6 is 11.3 Å². The molecule has 0 saturated carbocycles. The fourth-order valence-corrected chi connectivity index (χ4v) is 4.17. The van der Waals surface area contributed by atoms with Crippen molar-refractivity contribution in [3.8, 4) is 0 Å². The fourth-order valence-electron chi connectivity index (χ4n) is 1.71. The molecule has 0 unspecified atom stereocenters. The standard InChI is InChI=1S/C13H14F2N2O2S2/c1-2-16-8-12-13(5-6-20-12)21(18,19)17-9-3-4-10(14)11(15)7-9/h3-7,16-17H,2,8H2,1H3. The van der Waals surface area contributed by atoms with E-state index < -0.39 is 21.7 Å². The smallest absolute Gasteiger partial charge is 0.263 e. The second kappa shape index (κ2) is 6.50. The SMILES string of the molecule is CCNCc1sccc1S(=O)(=O)Nc1ccc(F)c(F)c1. The van der Waals surface area contributed by atoms with Crippen LogP contribution < -0.4 is 10.0 Å². The Balaban J connectivity index is 2.26. The van der Waals surface area contributed by atoms with E-state index in [-0.39, 0.29) is 10.6 Å². The van der Waals surface area contributed by atoms with Crippen molar-refractivity contribution in [2.75, 3.05) is 11.3 Å². The van der Waals surface area contributed by atoms with Crippen LogP contribution in [-0.2, 0) is 16.6 Å². The van der Waals surface area contributed by atoms with E-state index in [2.05, 4.69) is 10.0 Å². The summed E-state index contributed by atoms with van der Waals surface area (Å²) < 4.78 is 52.8. The van der Waals surface area contributed by atoms with E-state index >= 15 is 0 Å². The number of sulfonamides is 1. The van der Waals surface area contributed by atoms with Crippen LogP contribution in [-0.4, -0.2) is 15.0 Å². The fraction of sp³-hybridized carbons (Fsp3) is 0.231. The molecule has 0 bridgehead atoms. The molecule has 0 saturated heterocycles. The summed E-state index contributed by atoms with van der Waals surface area (Å²) in [7, 11) is -3.83. The third-order valence-corrected chi connectivity index (χ3v) is 5.22. The quantitative estimate of drug-likeness (QED) is 0.855. The van der Waals surface area contributed by atoms with Crippen LogP contribution in [0.2, 0.25) is 0 Å². The zero-order chi connectivity index (χ0) is 15.5. The summed E-state index contributed by atoms with van der Waals surface area (Å²) >= 11 is 1.32. The maximum atomic E-state index is 13.1. The Morgan fingerprint density at radius 3 is 2.62 bits per heavy atom.